The van der Waals surface area contributed by atoms with E-state index in [-0.39, 0.29) is 32.7 Å². The van der Waals surface area contributed by atoms with E-state index in [1.807, 2.05) is 12.4 Å². The molecule has 0 spiro atoms. The average Bonchev–Trinajstić information content (AvgIpc) is 2.07. The van der Waals surface area contributed by atoms with Gasteiger partial charge in [-0.15, -0.1) is 0 Å². The minimum atomic E-state index is 0. The first kappa shape index (κ1) is 12.1. The molecule has 0 saturated carbocycles. The van der Waals surface area contributed by atoms with Crippen molar-refractivity contribution in [3.05, 3.63) is 31.2 Å². The molecule has 0 bridgehead atoms. The van der Waals surface area contributed by atoms with Crippen molar-refractivity contribution in [2.24, 2.45) is 0 Å². The van der Waals surface area contributed by atoms with Crippen molar-refractivity contribution in [3.8, 4) is 0 Å². The van der Waals surface area contributed by atoms with E-state index in [0.29, 0.717) is 0 Å². The molecule has 0 amide bonds. The molecule has 63 valence electrons. The van der Waals surface area contributed by atoms with Crippen LogP contribution in [0.1, 0.15) is 12.0 Å². The minimum Gasteiger partial charge on any atom is -0.342 e. The predicted molar refractivity (Wildman–Crippen MR) is 43.7 cm³/mol. The van der Waals surface area contributed by atoms with E-state index in [0.717, 1.165) is 25.1 Å². The summed E-state index contributed by atoms with van der Waals surface area (Å²) in [7, 11) is 0. The topological polar surface area (TPSA) is 37.8 Å². The number of rotatable bonds is 4. The molecule has 0 aromatic carbocycles. The Hall–Kier alpha value is 0.144. The Balaban J connectivity index is 0.00000121. The molecule has 1 aromatic heterocycles. The summed E-state index contributed by atoms with van der Waals surface area (Å²) in [5.74, 6) is 0. The summed E-state index contributed by atoms with van der Waals surface area (Å²) in [5, 5.41) is 3.21. The zero-order valence-electron chi connectivity index (χ0n) is 7.03. The standard InChI is InChI=1S/C8H12N3.Y/c1-2-3-9-4-8-5-10-7-11-6-8;/h5-7,9H,1-4H2;/q-1;. The second-order valence-electron chi connectivity index (χ2n) is 2.28. The van der Waals surface area contributed by atoms with Crippen LogP contribution in [-0.4, -0.2) is 16.5 Å². The summed E-state index contributed by atoms with van der Waals surface area (Å²) in [6.07, 6.45) is 6.06. The van der Waals surface area contributed by atoms with Gasteiger partial charge in [0.05, 0.1) is 0 Å². The quantitative estimate of drug-likeness (QED) is 0.623. The summed E-state index contributed by atoms with van der Waals surface area (Å²) in [5.41, 5.74) is 1.11. The van der Waals surface area contributed by atoms with Gasteiger partial charge >= 0.3 is 0 Å². The third-order valence-corrected chi connectivity index (χ3v) is 1.30. The van der Waals surface area contributed by atoms with Crippen molar-refractivity contribution in [3.63, 3.8) is 0 Å². The number of hydrogen-bond acceptors (Lipinski definition) is 3. The molecule has 1 heterocycles. The van der Waals surface area contributed by atoms with Gasteiger partial charge in [-0.05, 0) is 6.54 Å². The molecule has 1 radical (unpaired) electrons. The van der Waals surface area contributed by atoms with E-state index in [9.17, 15) is 0 Å². The molecule has 4 heteroatoms. The van der Waals surface area contributed by atoms with Crippen LogP contribution in [0.4, 0.5) is 0 Å². The van der Waals surface area contributed by atoms with Crippen LogP contribution < -0.4 is 5.32 Å². The van der Waals surface area contributed by atoms with Crippen LogP contribution in [0, 0.1) is 6.92 Å². The van der Waals surface area contributed by atoms with Crippen molar-refractivity contribution >= 4 is 0 Å². The first-order valence-electron chi connectivity index (χ1n) is 3.67. The predicted octanol–water partition coefficient (Wildman–Crippen LogP) is 0.788. The Labute approximate surface area is 98.3 Å². The summed E-state index contributed by atoms with van der Waals surface area (Å²) in [6, 6.07) is 0. The molecular weight excluding hydrogens is 227 g/mol. The molecule has 0 aliphatic heterocycles. The van der Waals surface area contributed by atoms with Crippen LogP contribution in [0.5, 0.6) is 0 Å². The van der Waals surface area contributed by atoms with Gasteiger partial charge in [-0.1, -0.05) is 0 Å². The van der Waals surface area contributed by atoms with E-state index < -0.39 is 0 Å². The van der Waals surface area contributed by atoms with Gasteiger partial charge in [-0.25, -0.2) is 9.97 Å². The minimum absolute atomic E-state index is 0. The van der Waals surface area contributed by atoms with Crippen molar-refractivity contribution in [2.75, 3.05) is 6.54 Å². The fourth-order valence-electron chi connectivity index (χ4n) is 0.779. The largest absolute Gasteiger partial charge is 0.342 e. The summed E-state index contributed by atoms with van der Waals surface area (Å²) >= 11 is 0. The van der Waals surface area contributed by atoms with E-state index >= 15 is 0 Å². The normalized spacial score (nSPS) is 9.08. The van der Waals surface area contributed by atoms with Crippen LogP contribution in [0.25, 0.3) is 0 Å². The fourth-order valence-corrected chi connectivity index (χ4v) is 0.779. The third-order valence-electron chi connectivity index (χ3n) is 1.30. The third kappa shape index (κ3) is 4.91. The van der Waals surface area contributed by atoms with E-state index in [1.54, 1.807) is 0 Å². The van der Waals surface area contributed by atoms with Crippen molar-refractivity contribution < 1.29 is 32.7 Å². The number of nitrogens with one attached hydrogen (secondary N) is 1. The van der Waals surface area contributed by atoms with Crippen molar-refractivity contribution in [1.82, 2.24) is 15.3 Å². The summed E-state index contributed by atoms with van der Waals surface area (Å²) < 4.78 is 0. The Morgan fingerprint density at radius 1 is 1.33 bits per heavy atom. The number of aromatic nitrogens is 2. The van der Waals surface area contributed by atoms with Gasteiger partial charge in [-0.2, -0.15) is 6.42 Å². The van der Waals surface area contributed by atoms with Crippen LogP contribution in [0.2, 0.25) is 0 Å². The zero-order valence-corrected chi connectivity index (χ0v) is 9.87. The summed E-state index contributed by atoms with van der Waals surface area (Å²) in [4.78, 5) is 7.79. The second kappa shape index (κ2) is 7.78. The Kier molecular flexibility index (Phi) is 7.87. The molecule has 0 fully saturated rings. The van der Waals surface area contributed by atoms with Gasteiger partial charge in [-0.3, -0.25) is 0 Å². The first-order valence-corrected chi connectivity index (χ1v) is 3.67. The van der Waals surface area contributed by atoms with Crippen LogP contribution >= 0.6 is 0 Å². The van der Waals surface area contributed by atoms with Gasteiger partial charge < -0.3 is 12.2 Å². The maximum Gasteiger partial charge on any atom is 0.115 e. The molecule has 0 aliphatic rings. The Morgan fingerprint density at radius 2 is 2.00 bits per heavy atom. The zero-order chi connectivity index (χ0) is 7.94. The molecule has 1 aromatic rings. The monoisotopic (exact) mass is 239 g/mol. The molecule has 12 heavy (non-hydrogen) atoms. The van der Waals surface area contributed by atoms with Crippen LogP contribution in [-0.2, 0) is 39.3 Å². The molecular formula is C8H12N3Y-. The van der Waals surface area contributed by atoms with Gasteiger partial charge in [0.25, 0.3) is 0 Å². The SMILES string of the molecule is [CH2-]CCNCc1cncnc1.[Y]. The maximum atomic E-state index is 3.90. The molecule has 0 atom stereocenters. The Bertz CT molecular complexity index is 191. The van der Waals surface area contributed by atoms with Gasteiger partial charge in [0, 0.05) is 57.2 Å². The van der Waals surface area contributed by atoms with Gasteiger partial charge in [0.1, 0.15) is 6.33 Å². The summed E-state index contributed by atoms with van der Waals surface area (Å²) in [6.45, 7) is 5.49. The average molecular weight is 239 g/mol. The van der Waals surface area contributed by atoms with E-state index in [2.05, 4.69) is 22.2 Å². The molecule has 0 aliphatic carbocycles. The first-order chi connectivity index (χ1) is 5.43. The Morgan fingerprint density at radius 3 is 2.58 bits per heavy atom. The van der Waals surface area contributed by atoms with Gasteiger partial charge in [0.2, 0.25) is 0 Å². The fraction of sp³-hybridized carbons (Fsp3) is 0.375. The van der Waals surface area contributed by atoms with E-state index in [1.165, 1.54) is 6.33 Å². The molecule has 1 N–H and O–H groups in total. The van der Waals surface area contributed by atoms with E-state index in [4.69, 9.17) is 0 Å². The number of nitrogens with zero attached hydrogens (tertiary/aromatic N) is 2. The van der Waals surface area contributed by atoms with Crippen molar-refractivity contribution in [2.45, 2.75) is 13.0 Å². The molecule has 0 unspecified atom stereocenters. The maximum absolute atomic E-state index is 3.90. The molecule has 0 saturated heterocycles. The molecule has 3 nitrogen and oxygen atoms in total. The van der Waals surface area contributed by atoms with Crippen molar-refractivity contribution in [1.29, 1.82) is 0 Å². The molecule has 1 rings (SSSR count). The van der Waals surface area contributed by atoms with Gasteiger partial charge in [0.15, 0.2) is 0 Å². The van der Waals surface area contributed by atoms with Crippen LogP contribution in [0.15, 0.2) is 18.7 Å². The smallest absolute Gasteiger partial charge is 0.115 e. The van der Waals surface area contributed by atoms with Crippen LogP contribution in [0.3, 0.4) is 0 Å². The second-order valence-corrected chi connectivity index (χ2v) is 2.28. The number of hydrogen-bond donors (Lipinski definition) is 1.